The third kappa shape index (κ3) is 2.88. The fourth-order valence-electron chi connectivity index (χ4n) is 2.41. The number of imidazole rings is 1. The van der Waals surface area contributed by atoms with Gasteiger partial charge < -0.3 is 14.5 Å². The van der Waals surface area contributed by atoms with E-state index in [0.29, 0.717) is 0 Å². The number of nitrogens with one attached hydrogen (secondary N) is 1. The second-order valence-electron chi connectivity index (χ2n) is 4.93. The van der Waals surface area contributed by atoms with Crippen LogP contribution in [0.15, 0.2) is 24.5 Å². The standard InChI is InChI=1S/C14H20N4O/c1-12-11-16-14-10-13(2-5-18(12)14)19-9-8-17-6-3-15-4-7-17/h2,5,10-11,15H,3-4,6-9H2,1H3. The molecular weight excluding hydrogens is 240 g/mol. The average Bonchev–Trinajstić information content (AvgIpc) is 2.81. The Labute approximate surface area is 113 Å². The Morgan fingerprint density at radius 3 is 3.05 bits per heavy atom. The molecule has 0 bridgehead atoms. The van der Waals surface area contributed by atoms with Gasteiger partial charge in [-0.3, -0.25) is 4.90 Å². The molecule has 1 aliphatic rings. The van der Waals surface area contributed by atoms with Gasteiger partial charge in [-0.05, 0) is 13.0 Å². The van der Waals surface area contributed by atoms with Gasteiger partial charge in [-0.1, -0.05) is 0 Å². The molecule has 0 aliphatic carbocycles. The van der Waals surface area contributed by atoms with Crippen LogP contribution in [-0.4, -0.2) is 53.6 Å². The number of fused-ring (bicyclic) bond motifs is 1. The number of aromatic nitrogens is 2. The van der Waals surface area contributed by atoms with Crippen LogP contribution in [0.4, 0.5) is 0 Å². The number of hydrogen-bond donors (Lipinski definition) is 1. The van der Waals surface area contributed by atoms with Crippen molar-refractivity contribution in [3.05, 3.63) is 30.2 Å². The molecule has 1 fully saturated rings. The minimum Gasteiger partial charge on any atom is -0.492 e. The van der Waals surface area contributed by atoms with Gasteiger partial charge in [0.1, 0.15) is 18.0 Å². The second-order valence-corrected chi connectivity index (χ2v) is 4.93. The number of ether oxygens (including phenoxy) is 1. The monoisotopic (exact) mass is 260 g/mol. The molecule has 0 aromatic carbocycles. The summed E-state index contributed by atoms with van der Waals surface area (Å²) in [7, 11) is 0. The predicted molar refractivity (Wildman–Crippen MR) is 74.7 cm³/mol. The van der Waals surface area contributed by atoms with Crippen molar-refractivity contribution in [1.82, 2.24) is 19.6 Å². The summed E-state index contributed by atoms with van der Waals surface area (Å²) in [6.45, 7) is 8.16. The minimum absolute atomic E-state index is 0.732. The zero-order valence-electron chi connectivity index (χ0n) is 11.3. The van der Waals surface area contributed by atoms with Gasteiger partial charge >= 0.3 is 0 Å². The van der Waals surface area contributed by atoms with Gasteiger partial charge in [0, 0.05) is 56.9 Å². The number of pyridine rings is 1. The lowest BCUT2D eigenvalue weighted by molar-refractivity contribution is 0.191. The van der Waals surface area contributed by atoms with E-state index < -0.39 is 0 Å². The third-order valence-electron chi connectivity index (χ3n) is 3.56. The number of nitrogens with zero attached hydrogens (tertiary/aromatic N) is 3. The van der Waals surface area contributed by atoms with Gasteiger partial charge in [-0.25, -0.2) is 4.98 Å². The molecule has 1 aliphatic heterocycles. The molecule has 0 unspecified atom stereocenters. The SMILES string of the molecule is Cc1cnc2cc(OCCN3CCNCC3)ccn12. The van der Waals surface area contributed by atoms with Crippen LogP contribution in [0.5, 0.6) is 5.75 Å². The Hall–Kier alpha value is -1.59. The molecule has 0 saturated carbocycles. The van der Waals surface area contributed by atoms with Crippen molar-refractivity contribution in [2.45, 2.75) is 6.92 Å². The van der Waals surface area contributed by atoms with E-state index in [1.165, 1.54) is 0 Å². The highest BCUT2D eigenvalue weighted by molar-refractivity contribution is 5.45. The summed E-state index contributed by atoms with van der Waals surface area (Å²) in [4.78, 5) is 6.77. The minimum atomic E-state index is 0.732. The topological polar surface area (TPSA) is 41.8 Å². The number of hydrogen-bond acceptors (Lipinski definition) is 4. The molecule has 2 aromatic heterocycles. The molecule has 0 amide bonds. The van der Waals surface area contributed by atoms with Gasteiger partial charge in [0.05, 0.1) is 0 Å². The predicted octanol–water partition coefficient (Wildman–Crippen LogP) is 0.927. The van der Waals surface area contributed by atoms with Gasteiger partial charge in [0.2, 0.25) is 0 Å². The quantitative estimate of drug-likeness (QED) is 0.888. The Kier molecular flexibility index (Phi) is 3.66. The van der Waals surface area contributed by atoms with E-state index in [2.05, 4.69) is 19.6 Å². The van der Waals surface area contributed by atoms with E-state index in [0.717, 1.165) is 56.4 Å². The first-order valence-electron chi connectivity index (χ1n) is 6.82. The first-order chi connectivity index (χ1) is 9.33. The lowest BCUT2D eigenvalue weighted by Gasteiger charge is -2.26. The van der Waals surface area contributed by atoms with Crippen LogP contribution in [0.1, 0.15) is 5.69 Å². The van der Waals surface area contributed by atoms with Crippen LogP contribution in [0, 0.1) is 6.92 Å². The highest BCUT2D eigenvalue weighted by Crippen LogP contribution is 2.15. The molecule has 19 heavy (non-hydrogen) atoms. The molecule has 2 aromatic rings. The molecule has 0 spiro atoms. The van der Waals surface area contributed by atoms with Gasteiger partial charge in [-0.2, -0.15) is 0 Å². The van der Waals surface area contributed by atoms with Crippen LogP contribution in [0.25, 0.3) is 5.65 Å². The molecule has 0 radical (unpaired) electrons. The van der Waals surface area contributed by atoms with E-state index in [1.807, 2.05) is 31.5 Å². The van der Waals surface area contributed by atoms with Crippen LogP contribution in [-0.2, 0) is 0 Å². The smallest absolute Gasteiger partial charge is 0.140 e. The van der Waals surface area contributed by atoms with Crippen LogP contribution >= 0.6 is 0 Å². The molecule has 5 nitrogen and oxygen atoms in total. The molecule has 3 heterocycles. The van der Waals surface area contributed by atoms with E-state index in [9.17, 15) is 0 Å². The van der Waals surface area contributed by atoms with Crippen molar-refractivity contribution in [1.29, 1.82) is 0 Å². The van der Waals surface area contributed by atoms with Crippen LogP contribution in [0.3, 0.4) is 0 Å². The van der Waals surface area contributed by atoms with Crippen molar-refractivity contribution < 1.29 is 4.74 Å². The normalized spacial score (nSPS) is 16.9. The van der Waals surface area contributed by atoms with Crippen LogP contribution in [0.2, 0.25) is 0 Å². The maximum Gasteiger partial charge on any atom is 0.140 e. The van der Waals surface area contributed by atoms with E-state index in [4.69, 9.17) is 4.74 Å². The van der Waals surface area contributed by atoms with Crippen molar-refractivity contribution in [3.8, 4) is 5.75 Å². The Balaban J connectivity index is 1.56. The average molecular weight is 260 g/mol. The van der Waals surface area contributed by atoms with Crippen molar-refractivity contribution >= 4 is 5.65 Å². The largest absolute Gasteiger partial charge is 0.492 e. The van der Waals surface area contributed by atoms with Gasteiger partial charge in [-0.15, -0.1) is 0 Å². The fraction of sp³-hybridized carbons (Fsp3) is 0.500. The Morgan fingerprint density at radius 1 is 1.37 bits per heavy atom. The maximum absolute atomic E-state index is 5.81. The summed E-state index contributed by atoms with van der Waals surface area (Å²) in [6.07, 6.45) is 3.89. The molecule has 1 N–H and O–H groups in total. The highest BCUT2D eigenvalue weighted by atomic mass is 16.5. The molecule has 1 saturated heterocycles. The summed E-state index contributed by atoms with van der Waals surface area (Å²) in [5, 5.41) is 3.35. The summed E-state index contributed by atoms with van der Waals surface area (Å²) < 4.78 is 7.87. The molecule has 102 valence electrons. The summed E-state index contributed by atoms with van der Waals surface area (Å²) in [6, 6.07) is 3.99. The summed E-state index contributed by atoms with van der Waals surface area (Å²) in [5.41, 5.74) is 2.08. The van der Waals surface area contributed by atoms with Crippen molar-refractivity contribution in [3.63, 3.8) is 0 Å². The lowest BCUT2D eigenvalue weighted by Crippen LogP contribution is -2.44. The summed E-state index contributed by atoms with van der Waals surface area (Å²) >= 11 is 0. The Bertz CT molecular complexity index is 545. The van der Waals surface area contributed by atoms with Crippen LogP contribution < -0.4 is 10.1 Å². The van der Waals surface area contributed by atoms with Crippen molar-refractivity contribution in [2.24, 2.45) is 0 Å². The third-order valence-corrected chi connectivity index (χ3v) is 3.56. The Morgan fingerprint density at radius 2 is 2.21 bits per heavy atom. The zero-order chi connectivity index (χ0) is 13.1. The molecule has 5 heteroatoms. The number of aryl methyl sites for hydroxylation is 1. The maximum atomic E-state index is 5.81. The molecular formula is C14H20N4O. The molecule has 3 rings (SSSR count). The summed E-state index contributed by atoms with van der Waals surface area (Å²) in [5.74, 6) is 0.897. The first kappa shape index (κ1) is 12.4. The van der Waals surface area contributed by atoms with Gasteiger partial charge in [0.25, 0.3) is 0 Å². The zero-order valence-corrected chi connectivity index (χ0v) is 11.3. The highest BCUT2D eigenvalue weighted by Gasteiger charge is 2.09. The van der Waals surface area contributed by atoms with Crippen molar-refractivity contribution in [2.75, 3.05) is 39.3 Å². The number of rotatable bonds is 4. The van der Waals surface area contributed by atoms with E-state index in [1.54, 1.807) is 0 Å². The first-order valence-corrected chi connectivity index (χ1v) is 6.82. The number of piperazine rings is 1. The fourth-order valence-corrected chi connectivity index (χ4v) is 2.41. The molecule has 0 atom stereocenters. The van der Waals surface area contributed by atoms with Gasteiger partial charge in [0.15, 0.2) is 0 Å². The van der Waals surface area contributed by atoms with E-state index >= 15 is 0 Å². The van der Waals surface area contributed by atoms with E-state index in [-0.39, 0.29) is 0 Å². The lowest BCUT2D eigenvalue weighted by atomic mass is 10.3. The second kappa shape index (κ2) is 5.59.